The molecular weight excluding hydrogens is 428 g/mol. The highest BCUT2D eigenvalue weighted by Gasteiger charge is 2.21. The molecule has 0 aliphatic carbocycles. The van der Waals surface area contributed by atoms with Crippen LogP contribution in [0.3, 0.4) is 0 Å². The minimum atomic E-state index is -3.70. The minimum absolute atomic E-state index is 0.00183. The third-order valence-electron chi connectivity index (χ3n) is 1.99. The third kappa shape index (κ3) is 3.30. The van der Waals surface area contributed by atoms with Crippen LogP contribution in [0.25, 0.3) is 0 Å². The molecule has 0 saturated carbocycles. The molecule has 0 aliphatic rings. The lowest BCUT2D eigenvalue weighted by Gasteiger charge is -2.07. The SMILES string of the molecule is O=S(=O)(Nc1cccc(I)c1)c1cc(Cl)sc1Cl. The average molecular weight is 434 g/mol. The van der Waals surface area contributed by atoms with Gasteiger partial charge in [0.05, 0.1) is 4.34 Å². The fraction of sp³-hybridized carbons (Fsp3) is 0. The molecule has 3 nitrogen and oxygen atoms in total. The van der Waals surface area contributed by atoms with Gasteiger partial charge in [-0.25, -0.2) is 8.42 Å². The maximum absolute atomic E-state index is 12.1. The molecule has 0 unspecified atom stereocenters. The van der Waals surface area contributed by atoms with Crippen molar-refractivity contribution in [3.05, 3.63) is 42.6 Å². The molecule has 2 rings (SSSR count). The Hall–Kier alpha value is -0.0200. The van der Waals surface area contributed by atoms with Gasteiger partial charge in [0.1, 0.15) is 9.23 Å². The van der Waals surface area contributed by atoms with E-state index in [-0.39, 0.29) is 9.23 Å². The third-order valence-corrected chi connectivity index (χ3v) is 5.80. The van der Waals surface area contributed by atoms with Crippen LogP contribution in [0.2, 0.25) is 8.67 Å². The summed E-state index contributed by atoms with van der Waals surface area (Å²) in [4.78, 5) is -0.00183. The van der Waals surface area contributed by atoms with Gasteiger partial charge in [0.25, 0.3) is 10.0 Å². The Kier molecular flexibility index (Phi) is 4.43. The van der Waals surface area contributed by atoms with Crippen LogP contribution in [-0.4, -0.2) is 8.42 Å². The van der Waals surface area contributed by atoms with Crippen molar-refractivity contribution in [2.45, 2.75) is 4.90 Å². The summed E-state index contributed by atoms with van der Waals surface area (Å²) in [6, 6.07) is 8.36. The van der Waals surface area contributed by atoms with E-state index in [1.54, 1.807) is 18.2 Å². The maximum Gasteiger partial charge on any atom is 0.264 e. The predicted molar refractivity (Wildman–Crippen MR) is 84.3 cm³/mol. The lowest BCUT2D eigenvalue weighted by atomic mass is 10.3. The normalized spacial score (nSPS) is 11.5. The van der Waals surface area contributed by atoms with Gasteiger partial charge in [-0.15, -0.1) is 11.3 Å². The molecule has 2 aromatic rings. The van der Waals surface area contributed by atoms with Crippen molar-refractivity contribution < 1.29 is 8.42 Å². The highest BCUT2D eigenvalue weighted by atomic mass is 127. The first kappa shape index (κ1) is 14.4. The van der Waals surface area contributed by atoms with Gasteiger partial charge in [-0.3, -0.25) is 4.72 Å². The van der Waals surface area contributed by atoms with Crippen molar-refractivity contribution in [2.75, 3.05) is 4.72 Å². The molecule has 1 heterocycles. The smallest absolute Gasteiger partial charge is 0.264 e. The van der Waals surface area contributed by atoms with Crippen molar-refractivity contribution in [2.24, 2.45) is 0 Å². The van der Waals surface area contributed by atoms with Gasteiger partial charge < -0.3 is 0 Å². The fourth-order valence-electron chi connectivity index (χ4n) is 1.27. The van der Waals surface area contributed by atoms with E-state index in [1.807, 2.05) is 6.07 Å². The lowest BCUT2D eigenvalue weighted by molar-refractivity contribution is 0.601. The molecule has 18 heavy (non-hydrogen) atoms. The minimum Gasteiger partial charge on any atom is -0.280 e. The zero-order chi connectivity index (χ0) is 13.3. The van der Waals surface area contributed by atoms with E-state index in [0.29, 0.717) is 10.0 Å². The van der Waals surface area contributed by atoms with Gasteiger partial charge >= 0.3 is 0 Å². The van der Waals surface area contributed by atoms with Gasteiger partial charge in [-0.05, 0) is 46.9 Å². The van der Waals surface area contributed by atoms with Crippen LogP contribution in [0.5, 0.6) is 0 Å². The van der Waals surface area contributed by atoms with E-state index in [2.05, 4.69) is 27.3 Å². The Morgan fingerprint density at radius 1 is 1.22 bits per heavy atom. The number of anilines is 1. The summed E-state index contributed by atoms with van der Waals surface area (Å²) in [5.74, 6) is 0. The number of hydrogen-bond acceptors (Lipinski definition) is 3. The van der Waals surface area contributed by atoms with Crippen LogP contribution in [0.1, 0.15) is 0 Å². The van der Waals surface area contributed by atoms with Crippen molar-refractivity contribution in [1.29, 1.82) is 0 Å². The molecule has 0 aliphatic heterocycles. The number of benzene rings is 1. The summed E-state index contributed by atoms with van der Waals surface area (Å²) >= 11 is 14.7. The van der Waals surface area contributed by atoms with E-state index in [9.17, 15) is 8.42 Å². The highest BCUT2D eigenvalue weighted by Crippen LogP contribution is 2.35. The van der Waals surface area contributed by atoms with Crippen LogP contribution in [0, 0.1) is 3.57 Å². The van der Waals surface area contributed by atoms with Crippen molar-refractivity contribution in [3.8, 4) is 0 Å². The molecule has 0 spiro atoms. The Labute approximate surface area is 132 Å². The van der Waals surface area contributed by atoms with Gasteiger partial charge in [-0.2, -0.15) is 0 Å². The van der Waals surface area contributed by atoms with Gasteiger partial charge in [0, 0.05) is 9.26 Å². The zero-order valence-electron chi connectivity index (χ0n) is 8.65. The average Bonchev–Trinajstić information content (AvgIpc) is 2.58. The second kappa shape index (κ2) is 5.54. The number of hydrogen-bond donors (Lipinski definition) is 1. The monoisotopic (exact) mass is 433 g/mol. The molecule has 1 aromatic heterocycles. The second-order valence-corrected chi connectivity index (χ2v) is 8.49. The molecule has 1 N–H and O–H groups in total. The van der Waals surface area contributed by atoms with Crippen LogP contribution < -0.4 is 4.72 Å². The first-order valence-electron chi connectivity index (χ1n) is 4.62. The standard InChI is InChI=1S/C10H6Cl2INO2S2/c11-9-5-8(10(12)17-9)18(15,16)14-7-3-1-2-6(13)4-7/h1-5,14H. The summed E-state index contributed by atoms with van der Waals surface area (Å²) in [5.41, 5.74) is 0.486. The number of sulfonamides is 1. The van der Waals surface area contributed by atoms with Gasteiger partial charge in [0.15, 0.2) is 0 Å². The van der Waals surface area contributed by atoms with Gasteiger partial charge in [0.2, 0.25) is 0 Å². The molecule has 8 heteroatoms. The van der Waals surface area contributed by atoms with Crippen LogP contribution >= 0.6 is 57.1 Å². The van der Waals surface area contributed by atoms with Crippen LogP contribution in [0.15, 0.2) is 35.2 Å². The summed E-state index contributed by atoms with van der Waals surface area (Å²) < 4.78 is 28.1. The van der Waals surface area contributed by atoms with Crippen molar-refractivity contribution in [3.63, 3.8) is 0 Å². The molecule has 0 fully saturated rings. The first-order chi connectivity index (χ1) is 8.38. The quantitative estimate of drug-likeness (QED) is 0.726. The Morgan fingerprint density at radius 3 is 2.50 bits per heavy atom. The van der Waals surface area contributed by atoms with E-state index in [1.165, 1.54) is 6.07 Å². The molecule has 1 aromatic carbocycles. The number of rotatable bonds is 3. The van der Waals surface area contributed by atoms with Crippen molar-refractivity contribution in [1.82, 2.24) is 0 Å². The molecule has 0 radical (unpaired) electrons. The number of thiophene rings is 1. The topological polar surface area (TPSA) is 46.2 Å². The molecule has 0 bridgehead atoms. The molecule has 0 saturated heterocycles. The highest BCUT2D eigenvalue weighted by molar-refractivity contribution is 14.1. The Bertz CT molecular complexity index is 685. The van der Waals surface area contributed by atoms with E-state index in [4.69, 9.17) is 23.2 Å². The number of nitrogens with one attached hydrogen (secondary N) is 1. The van der Waals surface area contributed by atoms with E-state index in [0.717, 1.165) is 14.9 Å². The number of halogens is 3. The van der Waals surface area contributed by atoms with Gasteiger partial charge in [-0.1, -0.05) is 29.3 Å². The van der Waals surface area contributed by atoms with E-state index < -0.39 is 10.0 Å². The zero-order valence-corrected chi connectivity index (χ0v) is 14.0. The Balaban J connectivity index is 2.36. The lowest BCUT2D eigenvalue weighted by Crippen LogP contribution is -2.12. The fourth-order valence-corrected chi connectivity index (χ4v) is 5.01. The summed E-state index contributed by atoms with van der Waals surface area (Å²) in [6.07, 6.45) is 0. The first-order valence-corrected chi connectivity index (χ1v) is 8.75. The molecule has 96 valence electrons. The van der Waals surface area contributed by atoms with Crippen molar-refractivity contribution >= 4 is 72.8 Å². The summed E-state index contributed by atoms with van der Waals surface area (Å²) in [6.45, 7) is 0. The summed E-state index contributed by atoms with van der Waals surface area (Å²) in [7, 11) is -3.70. The predicted octanol–water partition coefficient (Wildman–Crippen LogP) is 4.46. The molecule has 0 atom stereocenters. The Morgan fingerprint density at radius 2 is 1.94 bits per heavy atom. The van der Waals surface area contributed by atoms with E-state index >= 15 is 0 Å². The molecular formula is C10H6Cl2INO2S2. The summed E-state index contributed by atoms with van der Waals surface area (Å²) in [5, 5.41) is 0. The largest absolute Gasteiger partial charge is 0.280 e. The van der Waals surface area contributed by atoms with Crippen LogP contribution in [-0.2, 0) is 10.0 Å². The van der Waals surface area contributed by atoms with Crippen LogP contribution in [0.4, 0.5) is 5.69 Å². The second-order valence-electron chi connectivity index (χ2n) is 3.30. The molecule has 0 amide bonds. The maximum atomic E-state index is 12.1.